The Hall–Kier alpha value is -3.33. The summed E-state index contributed by atoms with van der Waals surface area (Å²) in [5.41, 5.74) is 4.15. The van der Waals surface area contributed by atoms with E-state index < -0.39 is 22.0 Å². The van der Waals surface area contributed by atoms with Gasteiger partial charge in [-0.2, -0.15) is 0 Å². The smallest absolute Gasteiger partial charge is 0.264 e. The first-order valence-corrected chi connectivity index (χ1v) is 18.0. The minimum Gasteiger partial charge on any atom is -0.490 e. The highest BCUT2D eigenvalue weighted by Crippen LogP contribution is 2.46. The van der Waals surface area contributed by atoms with Crippen LogP contribution in [-0.2, 0) is 21.9 Å². The van der Waals surface area contributed by atoms with Gasteiger partial charge in [-0.05, 0) is 97.4 Å². The highest BCUT2D eigenvalue weighted by molar-refractivity contribution is 7.90. The van der Waals surface area contributed by atoms with Gasteiger partial charge in [-0.25, -0.2) is 13.1 Å². The summed E-state index contributed by atoms with van der Waals surface area (Å²) in [7, 11) is -3.98. The van der Waals surface area contributed by atoms with Gasteiger partial charge < -0.3 is 14.7 Å². The van der Waals surface area contributed by atoms with Crippen LogP contribution in [0.4, 0.5) is 5.69 Å². The number of benzene rings is 3. The van der Waals surface area contributed by atoms with Gasteiger partial charge in [0.1, 0.15) is 5.75 Å². The van der Waals surface area contributed by atoms with Gasteiger partial charge >= 0.3 is 0 Å². The molecule has 3 aromatic carbocycles. The number of hydrogen-bond acceptors (Lipinski definition) is 6. The molecule has 2 heterocycles. The van der Waals surface area contributed by atoms with Gasteiger partial charge in [0.05, 0.1) is 24.2 Å². The second kappa shape index (κ2) is 12.1. The number of aliphatic hydroxyl groups excluding tert-OH is 1. The van der Waals surface area contributed by atoms with Crippen molar-refractivity contribution in [1.82, 2.24) is 4.72 Å². The minimum absolute atomic E-state index is 0.0977. The number of aliphatic hydroxyl groups is 1. The highest BCUT2D eigenvalue weighted by atomic mass is 35.5. The van der Waals surface area contributed by atoms with Crippen molar-refractivity contribution in [2.24, 2.45) is 11.8 Å². The lowest BCUT2D eigenvalue weighted by atomic mass is 9.68. The number of carbonyl (C=O) groups is 1. The topological polar surface area (TPSA) is 95.9 Å². The van der Waals surface area contributed by atoms with E-state index in [0.717, 1.165) is 48.4 Å². The lowest BCUT2D eigenvalue weighted by Gasteiger charge is -2.45. The number of halogens is 1. The average molecular weight is 647 g/mol. The van der Waals surface area contributed by atoms with Crippen LogP contribution in [0.3, 0.4) is 0 Å². The van der Waals surface area contributed by atoms with Crippen molar-refractivity contribution in [1.29, 1.82) is 0 Å². The van der Waals surface area contributed by atoms with Crippen molar-refractivity contribution in [2.75, 3.05) is 30.3 Å². The number of allylic oxidation sites excluding steroid dienone is 1. The summed E-state index contributed by atoms with van der Waals surface area (Å²) in [5, 5.41) is 12.0. The number of nitrogens with zero attached hydrogens (tertiary/aromatic N) is 1. The molecule has 0 aromatic heterocycles. The molecule has 1 fully saturated rings. The fourth-order valence-corrected chi connectivity index (χ4v) is 9.40. The first-order valence-electron chi connectivity index (χ1n) is 15.9. The quantitative estimate of drug-likeness (QED) is 0.315. The molecule has 7 rings (SSSR count). The molecular formula is C36H39ClN2O5S. The maximum absolute atomic E-state index is 13.5. The molecule has 9 heteroatoms. The number of rotatable bonds is 1. The SMILES string of the molecule is O=C1NS(=O)(=O)C[C@H](c2ccccc2)C/C=C/[C@H](O)[C@@H]2CC[C@H]2CN2C[C@@]3(CCCc4cc(Cl)ccc43)COc3ccc1cc32. The number of fused-ring (bicyclic) bond motifs is 4. The summed E-state index contributed by atoms with van der Waals surface area (Å²) in [6.07, 6.45) is 8.44. The molecule has 3 aromatic rings. The average Bonchev–Trinajstić information content (AvgIpc) is 3.15. The van der Waals surface area contributed by atoms with E-state index in [1.165, 1.54) is 11.1 Å². The number of aryl methyl sites for hydroxylation is 1. The highest BCUT2D eigenvalue weighted by Gasteiger charge is 2.44. The molecular weight excluding hydrogens is 608 g/mol. The van der Waals surface area contributed by atoms with Gasteiger partial charge in [-0.1, -0.05) is 60.2 Å². The fraction of sp³-hybridized carbons (Fsp3) is 0.417. The molecule has 2 aliphatic heterocycles. The molecule has 236 valence electrons. The van der Waals surface area contributed by atoms with Gasteiger partial charge in [-0.3, -0.25) is 4.79 Å². The molecule has 4 aliphatic rings. The Balaban J connectivity index is 1.27. The third-order valence-corrected chi connectivity index (χ3v) is 11.9. The van der Waals surface area contributed by atoms with E-state index in [4.69, 9.17) is 16.3 Å². The number of anilines is 1. The molecule has 0 radical (unpaired) electrons. The fourth-order valence-electron chi connectivity index (χ4n) is 7.87. The summed E-state index contributed by atoms with van der Waals surface area (Å²) in [4.78, 5) is 15.8. The number of sulfonamides is 1. The van der Waals surface area contributed by atoms with E-state index in [1.807, 2.05) is 48.6 Å². The first kappa shape index (κ1) is 30.3. The van der Waals surface area contributed by atoms with Crippen LogP contribution in [0.1, 0.15) is 65.1 Å². The zero-order valence-electron chi connectivity index (χ0n) is 25.2. The molecule has 1 spiro atoms. The van der Waals surface area contributed by atoms with Crippen molar-refractivity contribution in [2.45, 2.75) is 56.0 Å². The number of carbonyl (C=O) groups excluding carboxylic acids is 1. The van der Waals surface area contributed by atoms with E-state index in [-0.39, 0.29) is 34.5 Å². The number of nitrogens with one attached hydrogen (secondary N) is 1. The molecule has 2 bridgehead atoms. The van der Waals surface area contributed by atoms with Crippen LogP contribution in [-0.4, -0.2) is 51.0 Å². The number of hydrogen-bond donors (Lipinski definition) is 2. The third kappa shape index (κ3) is 6.12. The van der Waals surface area contributed by atoms with Crippen LogP contribution < -0.4 is 14.4 Å². The zero-order chi connectivity index (χ0) is 31.2. The number of ether oxygens (including phenoxy) is 1. The van der Waals surface area contributed by atoms with Crippen molar-refractivity contribution >= 4 is 33.2 Å². The standard InChI is InChI=1S/C36H39ClN2O5S/c37-29-13-15-31-25(18-29)9-5-17-36(31)22-39-20-27-11-14-30(27)33(40)10-4-8-28(24-6-2-1-3-7-24)21-45(42,43)38-35(41)26-12-16-34(44-23-36)32(39)19-26/h1-4,6-7,10,12-13,15-16,18-19,27-28,30,33,40H,5,8-9,11,14,17,20-23H2,(H,38,41)/b10-4+/t27-,28+,30+,33-,36-/m0/s1. The van der Waals surface area contributed by atoms with Gasteiger partial charge in [-0.15, -0.1) is 0 Å². The largest absolute Gasteiger partial charge is 0.490 e. The summed E-state index contributed by atoms with van der Waals surface area (Å²) >= 11 is 6.40. The van der Waals surface area contributed by atoms with Crippen molar-refractivity contribution in [3.63, 3.8) is 0 Å². The lowest BCUT2D eigenvalue weighted by Crippen LogP contribution is -2.49. The molecule has 1 amide bonds. The Morgan fingerprint density at radius 3 is 2.69 bits per heavy atom. The Morgan fingerprint density at radius 2 is 1.89 bits per heavy atom. The van der Waals surface area contributed by atoms with Gasteiger partial charge in [0, 0.05) is 35.0 Å². The summed E-state index contributed by atoms with van der Waals surface area (Å²) in [6.45, 7) is 1.88. The predicted octanol–water partition coefficient (Wildman–Crippen LogP) is 6.00. The monoisotopic (exact) mass is 646 g/mol. The minimum atomic E-state index is -3.98. The molecule has 0 saturated heterocycles. The second-order valence-electron chi connectivity index (χ2n) is 13.3. The molecule has 0 unspecified atom stereocenters. The second-order valence-corrected chi connectivity index (χ2v) is 15.5. The van der Waals surface area contributed by atoms with Crippen LogP contribution in [0.5, 0.6) is 5.75 Å². The lowest BCUT2D eigenvalue weighted by molar-refractivity contribution is 0.0456. The maximum Gasteiger partial charge on any atom is 0.264 e. The Kier molecular flexibility index (Phi) is 8.17. The van der Waals surface area contributed by atoms with E-state index in [1.54, 1.807) is 18.2 Å². The molecule has 1 saturated carbocycles. The first-order chi connectivity index (χ1) is 21.7. The summed E-state index contributed by atoms with van der Waals surface area (Å²) in [5.74, 6) is -0.237. The third-order valence-electron chi connectivity index (χ3n) is 10.4. The van der Waals surface area contributed by atoms with Crippen LogP contribution in [0, 0.1) is 11.8 Å². The molecule has 2 N–H and O–H groups in total. The molecule has 45 heavy (non-hydrogen) atoms. The molecule has 2 aliphatic carbocycles. The van der Waals surface area contributed by atoms with Crippen LogP contribution in [0.15, 0.2) is 78.9 Å². The van der Waals surface area contributed by atoms with E-state index >= 15 is 0 Å². The van der Waals surface area contributed by atoms with E-state index in [2.05, 4.69) is 21.8 Å². The zero-order valence-corrected chi connectivity index (χ0v) is 26.8. The van der Waals surface area contributed by atoms with E-state index in [9.17, 15) is 18.3 Å². The number of amides is 1. The van der Waals surface area contributed by atoms with Crippen LogP contribution in [0.25, 0.3) is 0 Å². The normalized spacial score (nSPS) is 30.1. The van der Waals surface area contributed by atoms with E-state index in [0.29, 0.717) is 31.9 Å². The Morgan fingerprint density at radius 1 is 1.04 bits per heavy atom. The molecule has 5 atom stereocenters. The van der Waals surface area contributed by atoms with Crippen molar-refractivity contribution in [3.8, 4) is 5.75 Å². The van der Waals surface area contributed by atoms with Gasteiger partial charge in [0.25, 0.3) is 5.91 Å². The Labute approximate surface area is 270 Å². The predicted molar refractivity (Wildman–Crippen MR) is 177 cm³/mol. The van der Waals surface area contributed by atoms with Crippen LogP contribution >= 0.6 is 11.6 Å². The molecule has 7 nitrogen and oxygen atoms in total. The van der Waals surface area contributed by atoms with Crippen molar-refractivity contribution < 1.29 is 23.1 Å². The van der Waals surface area contributed by atoms with Gasteiger partial charge in [0.15, 0.2) is 0 Å². The summed E-state index contributed by atoms with van der Waals surface area (Å²) < 4.78 is 35.6. The summed E-state index contributed by atoms with van der Waals surface area (Å²) in [6, 6.07) is 20.8. The van der Waals surface area contributed by atoms with Gasteiger partial charge in [0.2, 0.25) is 10.0 Å². The maximum atomic E-state index is 13.5. The van der Waals surface area contributed by atoms with Crippen molar-refractivity contribution in [3.05, 3.63) is 106 Å². The van der Waals surface area contributed by atoms with Crippen LogP contribution in [0.2, 0.25) is 5.02 Å². The Bertz CT molecular complexity index is 1730.